The molecule has 12 heavy (non-hydrogen) atoms. The van der Waals surface area contributed by atoms with Gasteiger partial charge in [-0.1, -0.05) is 6.92 Å². The lowest BCUT2D eigenvalue weighted by atomic mass is 9.98. The molecule has 1 heterocycles. The summed E-state index contributed by atoms with van der Waals surface area (Å²) in [5.74, 6) is 0.227. The molecule has 0 aromatic carbocycles. The summed E-state index contributed by atoms with van der Waals surface area (Å²) >= 11 is 0. The molecule has 3 unspecified atom stereocenters. The van der Waals surface area contributed by atoms with Crippen LogP contribution in [0, 0.1) is 5.92 Å². The van der Waals surface area contributed by atoms with Crippen molar-refractivity contribution in [2.75, 3.05) is 20.3 Å². The van der Waals surface area contributed by atoms with Gasteiger partial charge in [0.25, 0.3) is 0 Å². The standard InChI is InChI=1S/C9H19NO2/c1-7(6-12-2)9(11)8-4-3-5-10-8/h7-11H,3-6H2,1-2H3. The third-order valence-electron chi connectivity index (χ3n) is 2.52. The van der Waals surface area contributed by atoms with E-state index in [4.69, 9.17) is 4.74 Å². The lowest BCUT2D eigenvalue weighted by molar-refractivity contribution is 0.0365. The molecule has 1 rings (SSSR count). The predicted molar refractivity (Wildman–Crippen MR) is 48.1 cm³/mol. The van der Waals surface area contributed by atoms with Crippen molar-refractivity contribution in [1.29, 1.82) is 0 Å². The fourth-order valence-corrected chi connectivity index (χ4v) is 1.76. The molecule has 0 saturated carbocycles. The van der Waals surface area contributed by atoms with E-state index >= 15 is 0 Å². The second-order valence-electron chi connectivity index (χ2n) is 3.63. The van der Waals surface area contributed by atoms with Crippen LogP contribution in [0.1, 0.15) is 19.8 Å². The third-order valence-corrected chi connectivity index (χ3v) is 2.52. The summed E-state index contributed by atoms with van der Waals surface area (Å²) in [6.07, 6.45) is 2.02. The lowest BCUT2D eigenvalue weighted by Crippen LogP contribution is -2.40. The van der Waals surface area contributed by atoms with Crippen LogP contribution in [-0.2, 0) is 4.74 Å². The molecule has 0 amide bonds. The molecule has 0 spiro atoms. The predicted octanol–water partition coefficient (Wildman–Crippen LogP) is 0.382. The first kappa shape index (κ1) is 9.96. The summed E-state index contributed by atoms with van der Waals surface area (Å²) in [6.45, 7) is 3.70. The zero-order valence-electron chi connectivity index (χ0n) is 7.92. The molecule has 3 atom stereocenters. The smallest absolute Gasteiger partial charge is 0.0740 e. The minimum absolute atomic E-state index is 0.227. The highest BCUT2D eigenvalue weighted by molar-refractivity contribution is 4.83. The Hall–Kier alpha value is -0.120. The van der Waals surface area contributed by atoms with Crippen molar-refractivity contribution in [2.45, 2.75) is 31.9 Å². The Kier molecular flexibility index (Phi) is 3.98. The number of nitrogens with one attached hydrogen (secondary N) is 1. The van der Waals surface area contributed by atoms with Crippen LogP contribution in [0.25, 0.3) is 0 Å². The van der Waals surface area contributed by atoms with Gasteiger partial charge in [-0.3, -0.25) is 0 Å². The van der Waals surface area contributed by atoms with Gasteiger partial charge in [0.1, 0.15) is 0 Å². The first-order valence-corrected chi connectivity index (χ1v) is 4.66. The first-order chi connectivity index (χ1) is 5.75. The highest BCUT2D eigenvalue weighted by Crippen LogP contribution is 2.15. The van der Waals surface area contributed by atoms with Crippen LogP contribution >= 0.6 is 0 Å². The summed E-state index contributed by atoms with van der Waals surface area (Å²) in [6, 6.07) is 0.287. The van der Waals surface area contributed by atoms with Crippen molar-refractivity contribution in [1.82, 2.24) is 5.32 Å². The average molecular weight is 173 g/mol. The van der Waals surface area contributed by atoms with Crippen LogP contribution in [0.4, 0.5) is 0 Å². The van der Waals surface area contributed by atoms with Crippen LogP contribution in [0.15, 0.2) is 0 Å². The maximum Gasteiger partial charge on any atom is 0.0740 e. The fourth-order valence-electron chi connectivity index (χ4n) is 1.76. The molecule has 1 aliphatic rings. The van der Waals surface area contributed by atoms with E-state index in [9.17, 15) is 5.11 Å². The zero-order chi connectivity index (χ0) is 8.97. The molecule has 1 aliphatic heterocycles. The quantitative estimate of drug-likeness (QED) is 0.646. The molecular formula is C9H19NO2. The minimum atomic E-state index is -0.257. The molecule has 0 aromatic rings. The summed E-state index contributed by atoms with van der Waals surface area (Å²) in [5.41, 5.74) is 0. The summed E-state index contributed by atoms with van der Waals surface area (Å²) < 4.78 is 5.00. The normalized spacial score (nSPS) is 28.8. The van der Waals surface area contributed by atoms with Gasteiger partial charge in [-0.05, 0) is 19.4 Å². The van der Waals surface area contributed by atoms with Crippen LogP contribution < -0.4 is 5.32 Å². The maximum atomic E-state index is 9.81. The third kappa shape index (κ3) is 2.44. The van der Waals surface area contributed by atoms with Crippen molar-refractivity contribution in [3.05, 3.63) is 0 Å². The Morgan fingerprint density at radius 2 is 2.42 bits per heavy atom. The van der Waals surface area contributed by atoms with Gasteiger partial charge in [0.15, 0.2) is 0 Å². The van der Waals surface area contributed by atoms with E-state index in [1.54, 1.807) is 7.11 Å². The highest BCUT2D eigenvalue weighted by atomic mass is 16.5. The van der Waals surface area contributed by atoms with E-state index in [0.29, 0.717) is 6.61 Å². The largest absolute Gasteiger partial charge is 0.391 e. The topological polar surface area (TPSA) is 41.5 Å². The van der Waals surface area contributed by atoms with Gasteiger partial charge in [-0.25, -0.2) is 0 Å². The van der Waals surface area contributed by atoms with Gasteiger partial charge in [0, 0.05) is 19.1 Å². The minimum Gasteiger partial charge on any atom is -0.391 e. The Bertz CT molecular complexity index is 124. The second kappa shape index (κ2) is 4.80. The molecule has 3 heteroatoms. The number of rotatable bonds is 4. The van der Waals surface area contributed by atoms with Gasteiger partial charge in [-0.15, -0.1) is 0 Å². The molecule has 0 aliphatic carbocycles. The van der Waals surface area contributed by atoms with Crippen molar-refractivity contribution in [3.8, 4) is 0 Å². The number of aliphatic hydroxyl groups is 1. The van der Waals surface area contributed by atoms with Crippen molar-refractivity contribution in [2.24, 2.45) is 5.92 Å². The fraction of sp³-hybridized carbons (Fsp3) is 1.00. The number of methoxy groups -OCH3 is 1. The average Bonchev–Trinajstić information content (AvgIpc) is 2.55. The monoisotopic (exact) mass is 173 g/mol. The number of hydrogen-bond donors (Lipinski definition) is 2. The Morgan fingerprint density at radius 1 is 1.67 bits per heavy atom. The summed E-state index contributed by atoms with van der Waals surface area (Å²) in [7, 11) is 1.67. The highest BCUT2D eigenvalue weighted by Gasteiger charge is 2.26. The van der Waals surface area contributed by atoms with Crippen LogP contribution in [0.2, 0.25) is 0 Å². The van der Waals surface area contributed by atoms with Crippen molar-refractivity contribution >= 4 is 0 Å². The van der Waals surface area contributed by atoms with Crippen LogP contribution in [0.3, 0.4) is 0 Å². The Morgan fingerprint density at radius 3 is 2.92 bits per heavy atom. The van der Waals surface area contributed by atoms with E-state index < -0.39 is 0 Å². The summed E-state index contributed by atoms with van der Waals surface area (Å²) in [4.78, 5) is 0. The molecule has 2 N–H and O–H groups in total. The molecule has 0 radical (unpaired) electrons. The molecular weight excluding hydrogens is 154 g/mol. The van der Waals surface area contributed by atoms with Crippen LogP contribution in [-0.4, -0.2) is 37.5 Å². The maximum absolute atomic E-state index is 9.81. The number of ether oxygens (including phenoxy) is 1. The van der Waals surface area contributed by atoms with Gasteiger partial charge < -0.3 is 15.2 Å². The zero-order valence-corrected chi connectivity index (χ0v) is 7.92. The van der Waals surface area contributed by atoms with E-state index in [-0.39, 0.29) is 18.1 Å². The lowest BCUT2D eigenvalue weighted by Gasteiger charge is -2.23. The summed E-state index contributed by atoms with van der Waals surface area (Å²) in [5, 5.41) is 13.1. The van der Waals surface area contributed by atoms with Crippen molar-refractivity contribution in [3.63, 3.8) is 0 Å². The second-order valence-corrected chi connectivity index (χ2v) is 3.63. The molecule has 3 nitrogen and oxygen atoms in total. The van der Waals surface area contributed by atoms with Gasteiger partial charge >= 0.3 is 0 Å². The Balaban J connectivity index is 2.29. The van der Waals surface area contributed by atoms with Gasteiger partial charge in [0.05, 0.1) is 12.7 Å². The van der Waals surface area contributed by atoms with E-state index in [1.165, 1.54) is 6.42 Å². The first-order valence-electron chi connectivity index (χ1n) is 4.66. The van der Waals surface area contributed by atoms with Gasteiger partial charge in [0.2, 0.25) is 0 Å². The van der Waals surface area contributed by atoms with Gasteiger partial charge in [-0.2, -0.15) is 0 Å². The molecule has 0 aromatic heterocycles. The van der Waals surface area contributed by atoms with Crippen LogP contribution in [0.5, 0.6) is 0 Å². The van der Waals surface area contributed by atoms with E-state index in [0.717, 1.165) is 13.0 Å². The van der Waals surface area contributed by atoms with E-state index in [1.807, 2.05) is 6.92 Å². The number of aliphatic hydroxyl groups excluding tert-OH is 1. The molecule has 72 valence electrons. The molecule has 0 bridgehead atoms. The molecule has 1 fully saturated rings. The van der Waals surface area contributed by atoms with E-state index in [2.05, 4.69) is 5.32 Å². The van der Waals surface area contributed by atoms with Crippen molar-refractivity contribution < 1.29 is 9.84 Å². The number of hydrogen-bond acceptors (Lipinski definition) is 3. The Labute approximate surface area is 74.1 Å². The SMILES string of the molecule is COCC(C)C(O)C1CCCN1. The molecule has 1 saturated heterocycles.